The van der Waals surface area contributed by atoms with E-state index in [1.807, 2.05) is 0 Å². The summed E-state index contributed by atoms with van der Waals surface area (Å²) in [6, 6.07) is 5.74. The lowest BCUT2D eigenvalue weighted by Gasteiger charge is -2.37. The highest BCUT2D eigenvalue weighted by molar-refractivity contribution is 5.94. The third-order valence-electron chi connectivity index (χ3n) is 4.38. The molecule has 2 aliphatic heterocycles. The topological polar surface area (TPSA) is 49.9 Å². The highest BCUT2D eigenvalue weighted by Crippen LogP contribution is 2.24. The van der Waals surface area contributed by atoms with E-state index in [0.717, 1.165) is 0 Å². The fraction of sp³-hybridized carbons (Fsp3) is 0.500. The Kier molecular flexibility index (Phi) is 4.11. The first-order valence-electron chi connectivity index (χ1n) is 7.45. The number of ether oxygens (including phenoxy) is 1. The van der Waals surface area contributed by atoms with Crippen molar-refractivity contribution >= 4 is 11.8 Å². The fourth-order valence-corrected chi connectivity index (χ4v) is 3.14. The summed E-state index contributed by atoms with van der Waals surface area (Å²) >= 11 is 0. The first kappa shape index (κ1) is 15.0. The monoisotopic (exact) mass is 306 g/mol. The molecule has 2 fully saturated rings. The van der Waals surface area contributed by atoms with E-state index in [2.05, 4.69) is 0 Å². The van der Waals surface area contributed by atoms with Gasteiger partial charge >= 0.3 is 0 Å². The number of hydrogen-bond acceptors (Lipinski definition) is 3. The molecular formula is C16H19FN2O3. The number of likely N-dealkylation sites (N-methyl/N-ethyl adjacent to an activating group) is 1. The van der Waals surface area contributed by atoms with E-state index in [4.69, 9.17) is 4.74 Å². The number of rotatable bonds is 1. The normalized spacial score (nSPS) is 25.6. The van der Waals surface area contributed by atoms with Crippen molar-refractivity contribution in [2.24, 2.45) is 5.92 Å². The molecule has 0 aromatic heterocycles. The predicted octanol–water partition coefficient (Wildman–Crippen LogP) is 1.15. The molecule has 0 N–H and O–H groups in total. The molecule has 0 radical (unpaired) electrons. The Morgan fingerprint density at radius 2 is 2.18 bits per heavy atom. The molecule has 0 bridgehead atoms. The molecular weight excluding hydrogens is 287 g/mol. The lowest BCUT2D eigenvalue weighted by molar-refractivity contribution is -0.133. The summed E-state index contributed by atoms with van der Waals surface area (Å²) in [5.74, 6) is -0.514. The summed E-state index contributed by atoms with van der Waals surface area (Å²) in [6.07, 6.45) is 0.706. The van der Waals surface area contributed by atoms with E-state index in [1.54, 1.807) is 22.9 Å². The van der Waals surface area contributed by atoms with Crippen LogP contribution in [0.4, 0.5) is 4.39 Å². The number of carbonyl (C=O) groups is 2. The van der Waals surface area contributed by atoms with Crippen LogP contribution < -0.4 is 0 Å². The van der Waals surface area contributed by atoms with E-state index >= 15 is 0 Å². The maximum Gasteiger partial charge on any atom is 0.253 e. The summed E-state index contributed by atoms with van der Waals surface area (Å²) < 4.78 is 18.9. The van der Waals surface area contributed by atoms with Crippen molar-refractivity contribution in [3.8, 4) is 0 Å². The van der Waals surface area contributed by atoms with Crippen LogP contribution in [-0.2, 0) is 9.53 Å². The summed E-state index contributed by atoms with van der Waals surface area (Å²) in [5.41, 5.74) is 0.359. The largest absolute Gasteiger partial charge is 0.368 e. The van der Waals surface area contributed by atoms with Crippen LogP contribution in [0.3, 0.4) is 0 Å². The molecule has 5 nitrogen and oxygen atoms in total. The Hall–Kier alpha value is -1.95. The number of likely N-dealkylation sites (tertiary alicyclic amines) is 1. The summed E-state index contributed by atoms with van der Waals surface area (Å²) in [6.45, 7) is 1.78. The van der Waals surface area contributed by atoms with Gasteiger partial charge in [0.05, 0.1) is 6.10 Å². The van der Waals surface area contributed by atoms with Crippen molar-refractivity contribution in [2.75, 3.05) is 33.3 Å². The van der Waals surface area contributed by atoms with Gasteiger partial charge in [0.1, 0.15) is 12.4 Å². The average molecular weight is 306 g/mol. The first-order chi connectivity index (χ1) is 10.5. The third kappa shape index (κ3) is 2.97. The number of piperidine rings is 1. The molecule has 2 aliphatic rings. The predicted molar refractivity (Wildman–Crippen MR) is 77.8 cm³/mol. The van der Waals surface area contributed by atoms with Crippen LogP contribution in [0.2, 0.25) is 0 Å². The molecule has 1 aromatic carbocycles. The minimum atomic E-state index is -0.413. The third-order valence-corrected chi connectivity index (χ3v) is 4.38. The number of nitrogens with zero attached hydrogens (tertiary/aromatic N) is 2. The standard InChI is InChI=1S/C16H19FN2O3/c1-18-8-12-9-19(6-5-14(12)22-10-15(18)20)16(21)11-3-2-4-13(17)7-11/h2-4,7,12,14H,5-6,8-10H2,1H3/t12-,14-/m0/s1. The Labute approximate surface area is 128 Å². The van der Waals surface area contributed by atoms with Crippen LogP contribution in [0.5, 0.6) is 0 Å². The van der Waals surface area contributed by atoms with Crippen LogP contribution >= 0.6 is 0 Å². The molecule has 0 saturated carbocycles. The van der Waals surface area contributed by atoms with Gasteiger partial charge in [-0.3, -0.25) is 9.59 Å². The molecule has 0 unspecified atom stereocenters. The molecule has 3 rings (SSSR count). The molecule has 0 aliphatic carbocycles. The van der Waals surface area contributed by atoms with Gasteiger partial charge in [-0.2, -0.15) is 0 Å². The molecule has 0 spiro atoms. The number of fused-ring (bicyclic) bond motifs is 1. The summed E-state index contributed by atoms with van der Waals surface area (Å²) in [4.78, 5) is 27.6. The number of amides is 2. The smallest absolute Gasteiger partial charge is 0.253 e. The Bertz CT molecular complexity index is 593. The molecule has 118 valence electrons. The van der Waals surface area contributed by atoms with Crippen LogP contribution in [-0.4, -0.2) is 61.0 Å². The molecule has 2 saturated heterocycles. The molecule has 2 atom stereocenters. The Morgan fingerprint density at radius 3 is 2.95 bits per heavy atom. The van der Waals surface area contributed by atoms with Crippen LogP contribution in [0, 0.1) is 11.7 Å². The minimum Gasteiger partial charge on any atom is -0.368 e. The van der Waals surface area contributed by atoms with Gasteiger partial charge < -0.3 is 14.5 Å². The van der Waals surface area contributed by atoms with Gasteiger partial charge in [-0.1, -0.05) is 6.07 Å². The molecule has 22 heavy (non-hydrogen) atoms. The van der Waals surface area contributed by atoms with Crippen molar-refractivity contribution in [3.63, 3.8) is 0 Å². The van der Waals surface area contributed by atoms with E-state index in [9.17, 15) is 14.0 Å². The summed E-state index contributed by atoms with van der Waals surface area (Å²) in [5, 5.41) is 0. The Balaban J connectivity index is 1.72. The second-order valence-electron chi connectivity index (χ2n) is 5.93. The van der Waals surface area contributed by atoms with Gasteiger partial charge in [0, 0.05) is 38.2 Å². The van der Waals surface area contributed by atoms with Crippen molar-refractivity contribution in [1.82, 2.24) is 9.80 Å². The van der Waals surface area contributed by atoms with E-state index in [0.29, 0.717) is 31.6 Å². The SMILES string of the molecule is CN1C[C@H]2CN(C(=O)c3cccc(F)c3)CC[C@@H]2OCC1=O. The van der Waals surface area contributed by atoms with E-state index in [1.165, 1.54) is 18.2 Å². The van der Waals surface area contributed by atoms with Crippen LogP contribution in [0.15, 0.2) is 24.3 Å². The van der Waals surface area contributed by atoms with Gasteiger partial charge in [-0.25, -0.2) is 4.39 Å². The van der Waals surface area contributed by atoms with Crippen molar-refractivity contribution in [1.29, 1.82) is 0 Å². The number of carbonyl (C=O) groups excluding carboxylic acids is 2. The van der Waals surface area contributed by atoms with Crippen molar-refractivity contribution in [2.45, 2.75) is 12.5 Å². The maximum atomic E-state index is 13.3. The van der Waals surface area contributed by atoms with Gasteiger partial charge in [-0.15, -0.1) is 0 Å². The van der Waals surface area contributed by atoms with Crippen molar-refractivity contribution in [3.05, 3.63) is 35.6 Å². The van der Waals surface area contributed by atoms with Crippen LogP contribution in [0.25, 0.3) is 0 Å². The molecule has 2 heterocycles. The highest BCUT2D eigenvalue weighted by atomic mass is 19.1. The Morgan fingerprint density at radius 1 is 1.36 bits per heavy atom. The zero-order valence-electron chi connectivity index (χ0n) is 12.5. The fourth-order valence-electron chi connectivity index (χ4n) is 3.14. The zero-order chi connectivity index (χ0) is 15.7. The van der Waals surface area contributed by atoms with Crippen LogP contribution in [0.1, 0.15) is 16.8 Å². The quantitative estimate of drug-likeness (QED) is 0.782. The van der Waals surface area contributed by atoms with Crippen molar-refractivity contribution < 1.29 is 18.7 Å². The lowest BCUT2D eigenvalue weighted by Crippen LogP contribution is -2.48. The highest BCUT2D eigenvalue weighted by Gasteiger charge is 2.36. The van der Waals surface area contributed by atoms with E-state index < -0.39 is 5.82 Å². The molecule has 1 aromatic rings. The van der Waals surface area contributed by atoms with Gasteiger partial charge in [0.2, 0.25) is 5.91 Å². The summed E-state index contributed by atoms with van der Waals surface area (Å²) in [7, 11) is 1.75. The second kappa shape index (κ2) is 6.04. The second-order valence-corrected chi connectivity index (χ2v) is 5.93. The maximum absolute atomic E-state index is 13.3. The van der Waals surface area contributed by atoms with Gasteiger partial charge in [0.25, 0.3) is 5.91 Å². The van der Waals surface area contributed by atoms with Gasteiger partial charge in [-0.05, 0) is 24.6 Å². The number of benzene rings is 1. The minimum absolute atomic E-state index is 0.00506. The average Bonchev–Trinajstić information content (AvgIpc) is 2.65. The number of halogens is 1. The van der Waals surface area contributed by atoms with Gasteiger partial charge in [0.15, 0.2) is 0 Å². The number of hydrogen-bond donors (Lipinski definition) is 0. The van der Waals surface area contributed by atoms with E-state index in [-0.39, 0.29) is 30.4 Å². The molecule has 2 amide bonds. The lowest BCUT2D eigenvalue weighted by atomic mass is 9.93. The molecule has 6 heteroatoms. The first-order valence-corrected chi connectivity index (χ1v) is 7.45. The zero-order valence-corrected chi connectivity index (χ0v) is 12.5.